The third-order valence-corrected chi connectivity index (χ3v) is 24.3. The number of nitrogens with zero attached hydrogens (tertiary/aromatic N) is 13. The van der Waals surface area contributed by atoms with Gasteiger partial charge < -0.3 is 26.8 Å². The number of nitrogens with one attached hydrogen (secondary N) is 4. The quantitative estimate of drug-likeness (QED) is 0.0115. The fourth-order valence-corrected chi connectivity index (χ4v) is 16.3. The molecule has 0 radical (unpaired) electrons. The number of carboxylic acid groups (broad SMARTS) is 1. The highest BCUT2D eigenvalue weighted by Gasteiger charge is 2.39. The van der Waals surface area contributed by atoms with Crippen LogP contribution in [0, 0.1) is 69.5 Å². The monoisotopic (exact) mass is 1750 g/mol. The molecule has 0 atom stereocenters. The molecule has 650 valence electrons. The molecule has 3 fully saturated rings. The predicted molar refractivity (Wildman–Crippen MR) is 439 cm³/mol. The van der Waals surface area contributed by atoms with E-state index in [9.17, 15) is 75.1 Å². The molecule has 3 aromatic heterocycles. The van der Waals surface area contributed by atoms with Crippen LogP contribution in [-0.2, 0) is 42.7 Å². The maximum Gasteiger partial charge on any atom is 0.318 e. The van der Waals surface area contributed by atoms with Crippen molar-refractivity contribution in [3.8, 4) is 40.2 Å². The van der Waals surface area contributed by atoms with Crippen molar-refractivity contribution in [3.63, 3.8) is 0 Å². The molecular formula is C85H85F10N19O8S2. The number of carbonyl (C=O) groups is 3. The summed E-state index contributed by atoms with van der Waals surface area (Å²) in [5.41, 5.74) is 23.7. The average molecular weight is 1750 g/mol. The lowest BCUT2D eigenvalue weighted by molar-refractivity contribution is -0.137. The summed E-state index contributed by atoms with van der Waals surface area (Å²) >= 11 is 0. The number of nitriles is 1. The molecule has 12 aromatic rings. The number of anilines is 4. The molecule has 0 saturated heterocycles. The molecule has 0 aliphatic heterocycles. The van der Waals surface area contributed by atoms with Gasteiger partial charge in [-0.15, -0.1) is 30.6 Å². The molecule has 15 rings (SSSR count). The second-order valence-corrected chi connectivity index (χ2v) is 33.0. The molecule has 3 saturated carbocycles. The van der Waals surface area contributed by atoms with E-state index < -0.39 is 113 Å². The summed E-state index contributed by atoms with van der Waals surface area (Å²) in [7, 11) is -9.12. The number of aliphatic carboxylic acids is 1. The highest BCUT2D eigenvalue weighted by atomic mass is 32.2. The van der Waals surface area contributed by atoms with Crippen LogP contribution >= 0.6 is 0 Å². The van der Waals surface area contributed by atoms with Gasteiger partial charge in [-0.3, -0.25) is 14.4 Å². The number of nitrogen functional groups attached to an aromatic ring is 2. The number of aldehydes is 1. The van der Waals surface area contributed by atoms with Gasteiger partial charge in [0.25, 0.3) is 0 Å². The standard InChI is InChI=1S/C29H27F5N6O3S.C20H23N5.C13H16O.C9H6F5NO4S.C7H7N5.C7H6N2/c1-39(44(42,43)28-26(33)24(31)23(30)25(32)27(28)34)16-22(41)40(21-13-11-20(12-14-21)29-35-37-38-36-29)15-17-7-9-19(10-8-17)18-5-3-2-4-6-18;1-2-4-16(5-3-1)17-8-6-15(7-9-17)14-21-19-12-10-18(11-13-19)20-22-24-25-23-20;14-10-11-6-8-13(9-7-11)12-4-2-1-3-5-12;1-15(2-3(16)17)20(18,19)9-7(13)5(11)4(10)6(12)8(9)14;8-6-3-1-5(2-4-6)7-9-11-12-10-7;8-5-6-1-3-7(9)4-2-6/h7-14,18H,2-6,15-16H2,1H3,(H,35,36,37,38);6-13,16,21H,1-5,14H2,(H,22,23,24,25);6-10,12H,1-5H2;2H2,1H3,(H,16,17);1-4H,8H2,(H,9,10,11,12);1-4H,9H2. The number of aromatic nitrogens is 12. The van der Waals surface area contributed by atoms with E-state index >= 15 is 0 Å². The second kappa shape index (κ2) is 44.0. The number of halogens is 10. The van der Waals surface area contributed by atoms with Gasteiger partial charge in [0, 0.05) is 65.6 Å². The zero-order chi connectivity index (χ0) is 89.2. The van der Waals surface area contributed by atoms with Gasteiger partial charge in [-0.25, -0.2) is 60.7 Å². The molecule has 0 bridgehead atoms. The first kappa shape index (κ1) is 93.1. The number of carboxylic acids is 1. The number of carbonyl (C=O) groups excluding carboxylic acids is 2. The van der Waals surface area contributed by atoms with Crippen LogP contribution in [0.15, 0.2) is 180 Å². The van der Waals surface area contributed by atoms with E-state index in [4.69, 9.17) is 21.8 Å². The largest absolute Gasteiger partial charge is 0.480 e. The lowest BCUT2D eigenvalue weighted by Crippen LogP contribution is -2.41. The van der Waals surface area contributed by atoms with Crippen molar-refractivity contribution in [2.45, 2.75) is 137 Å². The summed E-state index contributed by atoms with van der Waals surface area (Å²) in [6.07, 6.45) is 20.3. The Morgan fingerprint density at radius 2 is 0.790 bits per heavy atom. The number of nitrogens with two attached hydrogens (primary N) is 2. The third kappa shape index (κ3) is 24.6. The molecule has 1 amide bonds. The second-order valence-electron chi connectivity index (χ2n) is 29.0. The minimum Gasteiger partial charge on any atom is -0.480 e. The van der Waals surface area contributed by atoms with Gasteiger partial charge in [-0.2, -0.15) is 29.5 Å². The molecule has 3 heterocycles. The first-order valence-electron chi connectivity index (χ1n) is 38.9. The van der Waals surface area contributed by atoms with Crippen LogP contribution in [0.3, 0.4) is 0 Å². The minimum atomic E-state index is -5.34. The number of hydrogen-bond donors (Lipinski definition) is 7. The number of aromatic amines is 3. The van der Waals surface area contributed by atoms with E-state index in [1.165, 1.54) is 97.8 Å². The van der Waals surface area contributed by atoms with E-state index in [1.807, 2.05) is 78.9 Å². The molecule has 9 N–H and O–H groups in total. The van der Waals surface area contributed by atoms with Crippen LogP contribution in [0.2, 0.25) is 0 Å². The number of benzene rings is 9. The van der Waals surface area contributed by atoms with Crippen molar-refractivity contribution >= 4 is 61.0 Å². The summed E-state index contributed by atoms with van der Waals surface area (Å²) in [5.74, 6) is -23.9. The van der Waals surface area contributed by atoms with Gasteiger partial charge in [0.15, 0.2) is 56.3 Å². The van der Waals surface area contributed by atoms with Crippen molar-refractivity contribution in [1.82, 2.24) is 70.5 Å². The highest BCUT2D eigenvalue weighted by molar-refractivity contribution is 7.89. The van der Waals surface area contributed by atoms with Gasteiger partial charge in [-0.1, -0.05) is 131 Å². The Morgan fingerprint density at radius 1 is 0.460 bits per heavy atom. The van der Waals surface area contributed by atoms with Crippen molar-refractivity contribution in [3.05, 3.63) is 267 Å². The SMILES string of the molecule is CN(CC(=O)N(Cc1ccc(C2CCCCC2)cc1)c1ccc(-c2nn[nH]n2)cc1)S(=O)(=O)c1c(F)c(F)c(F)c(F)c1F.CN(CC(=O)O)S(=O)(=O)c1c(F)c(F)c(F)c(F)c1F.N#Cc1ccc(N)cc1.Nc1ccc(-c2nn[nH]n2)cc1.O=Cc1ccc(C2CCCCC2)cc1.c1cc(C2CCCCC2)ccc1CNc1ccc(-c2nn[nH]n2)cc1. The number of likely N-dealkylation sites (N-methyl/N-ethyl adjacent to an activating group) is 2. The zero-order valence-corrected chi connectivity index (χ0v) is 68.4. The van der Waals surface area contributed by atoms with E-state index in [0.29, 0.717) is 58.5 Å². The average Bonchev–Trinajstić information content (AvgIpc) is 0.774. The molecule has 9 aromatic carbocycles. The number of rotatable bonds is 21. The van der Waals surface area contributed by atoms with Gasteiger partial charge >= 0.3 is 5.97 Å². The van der Waals surface area contributed by atoms with Gasteiger partial charge in [0.05, 0.1) is 24.7 Å². The van der Waals surface area contributed by atoms with Crippen molar-refractivity contribution in [2.75, 3.05) is 48.9 Å². The Kier molecular flexibility index (Phi) is 33.1. The van der Waals surface area contributed by atoms with Crippen LogP contribution in [0.4, 0.5) is 66.7 Å². The number of sulfonamides is 2. The number of H-pyrrole nitrogens is 3. The Hall–Kier alpha value is -13.2. The summed E-state index contributed by atoms with van der Waals surface area (Å²) in [5, 5.41) is 61.4. The van der Waals surface area contributed by atoms with Gasteiger partial charge in [0.1, 0.15) is 12.8 Å². The third-order valence-electron chi connectivity index (χ3n) is 20.6. The lowest BCUT2D eigenvalue weighted by Gasteiger charge is -2.26. The number of hydrogen-bond acceptors (Lipinski definition) is 20. The fourth-order valence-electron chi connectivity index (χ4n) is 13.8. The molecule has 27 nitrogen and oxygen atoms in total. The van der Waals surface area contributed by atoms with Crippen LogP contribution in [-0.4, -0.2) is 138 Å². The zero-order valence-electron chi connectivity index (χ0n) is 66.8. The molecule has 3 aliphatic rings. The van der Waals surface area contributed by atoms with E-state index in [2.05, 4.69) is 104 Å². The Balaban J connectivity index is 0.000000170. The van der Waals surface area contributed by atoms with Gasteiger partial charge in [-0.05, 0) is 197 Å². The lowest BCUT2D eigenvalue weighted by atomic mass is 9.84. The Labute approximate surface area is 706 Å². The van der Waals surface area contributed by atoms with Gasteiger partial charge in [0.2, 0.25) is 55.1 Å². The summed E-state index contributed by atoms with van der Waals surface area (Å²) < 4.78 is 185. The van der Waals surface area contributed by atoms with Crippen LogP contribution in [0.25, 0.3) is 34.2 Å². The molecule has 3 aliphatic carbocycles. The van der Waals surface area contributed by atoms with E-state index in [1.54, 1.807) is 60.7 Å². The molecule has 39 heteroatoms. The first-order valence-corrected chi connectivity index (χ1v) is 41.8. The number of tetrazole rings is 3. The molecule has 0 spiro atoms. The van der Waals surface area contributed by atoms with Crippen molar-refractivity contribution < 1.29 is 80.2 Å². The van der Waals surface area contributed by atoms with Crippen LogP contribution in [0.1, 0.15) is 158 Å². The molecule has 124 heavy (non-hydrogen) atoms. The van der Waals surface area contributed by atoms with Crippen molar-refractivity contribution in [1.29, 1.82) is 5.26 Å². The Morgan fingerprint density at radius 3 is 1.14 bits per heavy atom. The molecular weight excluding hydrogens is 1670 g/mol. The first-order chi connectivity index (χ1) is 59.5. The normalized spacial score (nSPS) is 13.7. The summed E-state index contributed by atoms with van der Waals surface area (Å²) in [6, 6.07) is 55.5. The van der Waals surface area contributed by atoms with E-state index in [0.717, 1.165) is 85.5 Å². The topological polar surface area (TPSA) is 401 Å². The van der Waals surface area contributed by atoms with Crippen molar-refractivity contribution in [2.24, 2.45) is 0 Å². The maximum atomic E-state index is 14.4. The number of amides is 1. The van der Waals surface area contributed by atoms with E-state index in [-0.39, 0.29) is 15.2 Å². The highest BCUT2D eigenvalue weighted by Crippen LogP contribution is 2.37. The van der Waals surface area contributed by atoms with Crippen LogP contribution in [0.5, 0.6) is 0 Å². The summed E-state index contributed by atoms with van der Waals surface area (Å²) in [6.45, 7) is -1.38. The predicted octanol–water partition coefficient (Wildman–Crippen LogP) is 16.2. The Bertz CT molecular complexity index is 5730. The minimum absolute atomic E-state index is 0.0122. The summed E-state index contributed by atoms with van der Waals surface area (Å²) in [4.78, 5) is 31.6. The maximum absolute atomic E-state index is 14.4. The van der Waals surface area contributed by atoms with Crippen LogP contribution < -0.4 is 21.7 Å². The smallest absolute Gasteiger partial charge is 0.318 e. The fraction of sp³-hybridized carbons (Fsp3) is 0.282. The molecule has 0 unspecified atom stereocenters.